The van der Waals surface area contributed by atoms with Crippen LogP contribution in [0.2, 0.25) is 0 Å². The van der Waals surface area contributed by atoms with Gasteiger partial charge in [-0.2, -0.15) is 4.31 Å². The second kappa shape index (κ2) is 5.83. The summed E-state index contributed by atoms with van der Waals surface area (Å²) < 4.78 is 25.8. The Balaban J connectivity index is 2.11. The number of rotatable bonds is 5. The van der Waals surface area contributed by atoms with Crippen molar-refractivity contribution in [2.24, 2.45) is 0 Å². The Morgan fingerprint density at radius 3 is 2.95 bits per heavy atom. The molecule has 106 valence electrons. The van der Waals surface area contributed by atoms with Gasteiger partial charge in [-0.15, -0.1) is 0 Å². The highest BCUT2D eigenvalue weighted by Crippen LogP contribution is 2.17. The van der Waals surface area contributed by atoms with E-state index in [1.54, 1.807) is 0 Å². The number of unbranched alkanes of at least 4 members (excludes halogenated alkanes) is 2. The van der Waals surface area contributed by atoms with Gasteiger partial charge in [0.25, 0.3) is 5.56 Å². The minimum absolute atomic E-state index is 0.159. The van der Waals surface area contributed by atoms with Gasteiger partial charge in [-0.3, -0.25) is 4.79 Å². The Morgan fingerprint density at radius 1 is 1.42 bits per heavy atom. The number of sulfonamides is 1. The van der Waals surface area contributed by atoms with E-state index in [0.717, 1.165) is 12.8 Å². The van der Waals surface area contributed by atoms with E-state index in [0.29, 0.717) is 30.6 Å². The first-order valence-corrected chi connectivity index (χ1v) is 8.19. The van der Waals surface area contributed by atoms with Crippen molar-refractivity contribution in [2.75, 3.05) is 12.3 Å². The zero-order valence-corrected chi connectivity index (χ0v) is 11.9. The largest absolute Gasteiger partial charge is 0.313 e. The van der Waals surface area contributed by atoms with Crippen molar-refractivity contribution in [3.05, 3.63) is 27.9 Å². The normalized spacial score (nSPS) is 16.3. The molecule has 2 rings (SSSR count). The average Bonchev–Trinajstić information content (AvgIpc) is 2.39. The van der Waals surface area contributed by atoms with Crippen LogP contribution in [-0.2, 0) is 23.0 Å². The lowest BCUT2D eigenvalue weighted by Gasteiger charge is -2.26. The lowest BCUT2D eigenvalue weighted by atomic mass is 10.1. The maximum Gasteiger partial charge on any atom is 0.254 e. The maximum atomic E-state index is 12.2. The van der Waals surface area contributed by atoms with Crippen LogP contribution >= 0.6 is 0 Å². The smallest absolute Gasteiger partial charge is 0.254 e. The zero-order chi connectivity index (χ0) is 13.9. The molecule has 6 nitrogen and oxygen atoms in total. The highest BCUT2D eigenvalue weighted by Gasteiger charge is 2.28. The predicted molar refractivity (Wildman–Crippen MR) is 72.3 cm³/mol. The van der Waals surface area contributed by atoms with Crippen molar-refractivity contribution in [3.8, 4) is 0 Å². The average molecular weight is 285 g/mol. The van der Waals surface area contributed by atoms with Crippen LogP contribution < -0.4 is 5.56 Å². The number of aromatic amines is 1. The van der Waals surface area contributed by atoms with E-state index < -0.39 is 10.0 Å². The quantitative estimate of drug-likeness (QED) is 0.805. The van der Waals surface area contributed by atoms with Crippen molar-refractivity contribution in [3.63, 3.8) is 0 Å². The molecule has 0 bridgehead atoms. The lowest BCUT2D eigenvalue weighted by molar-refractivity contribution is 0.382. The van der Waals surface area contributed by atoms with Crippen LogP contribution in [0.25, 0.3) is 0 Å². The fraction of sp³-hybridized carbons (Fsp3) is 0.667. The van der Waals surface area contributed by atoms with Crippen molar-refractivity contribution < 1.29 is 8.42 Å². The highest BCUT2D eigenvalue weighted by molar-refractivity contribution is 7.89. The molecule has 0 amide bonds. The van der Waals surface area contributed by atoms with Gasteiger partial charge >= 0.3 is 0 Å². The molecular weight excluding hydrogens is 266 g/mol. The van der Waals surface area contributed by atoms with Crippen LogP contribution in [0.3, 0.4) is 0 Å². The van der Waals surface area contributed by atoms with E-state index in [2.05, 4.69) is 9.97 Å². The van der Waals surface area contributed by atoms with Gasteiger partial charge in [-0.25, -0.2) is 13.4 Å². The van der Waals surface area contributed by atoms with E-state index in [4.69, 9.17) is 0 Å². The molecule has 2 heterocycles. The molecule has 0 aromatic carbocycles. The second-order valence-electron chi connectivity index (χ2n) is 4.76. The zero-order valence-electron chi connectivity index (χ0n) is 11.1. The summed E-state index contributed by atoms with van der Waals surface area (Å²) in [6, 6.07) is 0. The van der Waals surface area contributed by atoms with Gasteiger partial charge in [0.05, 0.1) is 24.3 Å². The van der Waals surface area contributed by atoms with Crippen molar-refractivity contribution in [2.45, 2.75) is 39.2 Å². The molecule has 0 radical (unpaired) electrons. The highest BCUT2D eigenvalue weighted by atomic mass is 32.2. The summed E-state index contributed by atoms with van der Waals surface area (Å²) in [5, 5.41) is 0. The number of aromatic nitrogens is 2. The number of nitrogens with zero attached hydrogens (tertiary/aromatic N) is 2. The first-order valence-electron chi connectivity index (χ1n) is 6.58. The Hall–Kier alpha value is -1.21. The molecular formula is C12H19N3O3S. The predicted octanol–water partition coefficient (Wildman–Crippen LogP) is 0.648. The van der Waals surface area contributed by atoms with Crippen molar-refractivity contribution >= 4 is 10.0 Å². The minimum atomic E-state index is -3.23. The Morgan fingerprint density at radius 2 is 2.21 bits per heavy atom. The third-order valence-electron chi connectivity index (χ3n) is 3.38. The number of H-pyrrole nitrogens is 1. The fourth-order valence-electron chi connectivity index (χ4n) is 2.24. The van der Waals surface area contributed by atoms with E-state index in [1.807, 2.05) is 6.92 Å². The first kappa shape index (κ1) is 14.2. The number of hydrogen-bond acceptors (Lipinski definition) is 4. The van der Waals surface area contributed by atoms with Gasteiger partial charge in [0, 0.05) is 12.1 Å². The molecule has 0 unspecified atom stereocenters. The molecule has 1 aliphatic rings. The number of nitrogens with one attached hydrogen (secondary N) is 1. The van der Waals surface area contributed by atoms with E-state index in [9.17, 15) is 13.2 Å². The minimum Gasteiger partial charge on any atom is -0.313 e. The molecule has 0 saturated carbocycles. The standard InChI is InChI=1S/C12H19N3O3S/c1-2-3-4-7-19(17,18)15-6-5-10-11(8-15)13-9-14-12(10)16/h9H,2-8H2,1H3,(H,13,14,16). The summed E-state index contributed by atoms with van der Waals surface area (Å²) in [6.45, 7) is 2.63. The molecule has 1 aliphatic heterocycles. The summed E-state index contributed by atoms with van der Waals surface area (Å²) in [5.74, 6) is 0.180. The molecule has 0 fully saturated rings. The molecule has 0 aliphatic carbocycles. The van der Waals surface area contributed by atoms with Gasteiger partial charge < -0.3 is 4.98 Å². The molecule has 1 N–H and O–H groups in total. The maximum absolute atomic E-state index is 12.2. The summed E-state index contributed by atoms with van der Waals surface area (Å²) in [5.41, 5.74) is 1.03. The molecule has 1 aromatic heterocycles. The first-order chi connectivity index (χ1) is 9.04. The molecule has 0 atom stereocenters. The topological polar surface area (TPSA) is 83.1 Å². The van der Waals surface area contributed by atoms with Gasteiger partial charge in [-0.1, -0.05) is 19.8 Å². The van der Waals surface area contributed by atoms with Crippen LogP contribution in [0.15, 0.2) is 11.1 Å². The molecule has 1 aromatic rings. The summed E-state index contributed by atoms with van der Waals surface area (Å²) in [4.78, 5) is 18.2. The molecule has 7 heteroatoms. The van der Waals surface area contributed by atoms with Crippen LogP contribution in [-0.4, -0.2) is 35.0 Å². The van der Waals surface area contributed by atoms with Gasteiger partial charge in [0.1, 0.15) is 0 Å². The number of hydrogen-bond donors (Lipinski definition) is 1. The van der Waals surface area contributed by atoms with Gasteiger partial charge in [0.15, 0.2) is 0 Å². The van der Waals surface area contributed by atoms with Crippen molar-refractivity contribution in [1.82, 2.24) is 14.3 Å². The molecule has 0 saturated heterocycles. The third kappa shape index (κ3) is 3.22. The van der Waals surface area contributed by atoms with Crippen LogP contribution in [0.4, 0.5) is 0 Å². The second-order valence-corrected chi connectivity index (χ2v) is 6.85. The third-order valence-corrected chi connectivity index (χ3v) is 5.28. The SMILES string of the molecule is CCCCCS(=O)(=O)N1CCc2c(nc[nH]c2=O)C1. The summed E-state index contributed by atoms with van der Waals surface area (Å²) in [7, 11) is -3.23. The van der Waals surface area contributed by atoms with Crippen LogP contribution in [0.1, 0.15) is 37.4 Å². The van der Waals surface area contributed by atoms with Crippen LogP contribution in [0.5, 0.6) is 0 Å². The summed E-state index contributed by atoms with van der Waals surface area (Å²) >= 11 is 0. The summed E-state index contributed by atoms with van der Waals surface area (Å²) in [6.07, 6.45) is 4.36. The van der Waals surface area contributed by atoms with E-state index in [-0.39, 0.29) is 17.9 Å². The molecule has 19 heavy (non-hydrogen) atoms. The van der Waals surface area contributed by atoms with Crippen LogP contribution in [0, 0.1) is 0 Å². The number of fused-ring (bicyclic) bond motifs is 1. The Kier molecular flexibility index (Phi) is 4.36. The monoisotopic (exact) mass is 285 g/mol. The van der Waals surface area contributed by atoms with E-state index >= 15 is 0 Å². The fourth-order valence-corrected chi connectivity index (χ4v) is 3.76. The molecule has 0 spiro atoms. The lowest BCUT2D eigenvalue weighted by Crippen LogP contribution is -2.40. The van der Waals surface area contributed by atoms with Gasteiger partial charge in [-0.05, 0) is 12.8 Å². The van der Waals surface area contributed by atoms with Crippen molar-refractivity contribution in [1.29, 1.82) is 0 Å². The van der Waals surface area contributed by atoms with Gasteiger partial charge in [0.2, 0.25) is 10.0 Å². The van der Waals surface area contributed by atoms with E-state index in [1.165, 1.54) is 10.6 Å². The Bertz CT molecular complexity index is 594. The Labute approximate surface area is 112 Å².